The Bertz CT molecular complexity index is 703. The summed E-state index contributed by atoms with van der Waals surface area (Å²) >= 11 is 0. The van der Waals surface area contributed by atoms with Crippen LogP contribution in [0.3, 0.4) is 0 Å². The van der Waals surface area contributed by atoms with E-state index in [-0.39, 0.29) is 23.6 Å². The van der Waals surface area contributed by atoms with E-state index in [1.807, 2.05) is 0 Å². The number of hydrogen-bond donors (Lipinski definition) is 4. The van der Waals surface area contributed by atoms with Gasteiger partial charge in [0.15, 0.2) is 0 Å². The van der Waals surface area contributed by atoms with Crippen LogP contribution in [-0.2, 0) is 20.8 Å². The first-order valence-electron chi connectivity index (χ1n) is 8.72. The Labute approximate surface area is 151 Å². The van der Waals surface area contributed by atoms with Crippen LogP contribution in [0.1, 0.15) is 25.3 Å². The van der Waals surface area contributed by atoms with Gasteiger partial charge in [0.05, 0.1) is 0 Å². The predicted octanol–water partition coefficient (Wildman–Crippen LogP) is -0.710. The van der Waals surface area contributed by atoms with E-state index in [1.165, 1.54) is 6.92 Å². The SMILES string of the molecule is CC(O)C(=O)NC1CCN2C(=O)C(Cc3ccc(O)cc3)NC(=O)C2C1. The molecular formula is C18H23N3O5. The smallest absolute Gasteiger partial charge is 0.248 e. The maximum atomic E-state index is 12.7. The van der Waals surface area contributed by atoms with E-state index in [0.29, 0.717) is 25.8 Å². The fraction of sp³-hybridized carbons (Fsp3) is 0.500. The number of carbonyl (C=O) groups excluding carboxylic acids is 3. The number of piperidine rings is 1. The van der Waals surface area contributed by atoms with Gasteiger partial charge < -0.3 is 25.7 Å². The number of aliphatic hydroxyl groups is 1. The molecule has 2 heterocycles. The van der Waals surface area contributed by atoms with Crippen LogP contribution in [0.25, 0.3) is 0 Å². The average Bonchev–Trinajstić information content (AvgIpc) is 2.61. The molecule has 3 rings (SSSR count). The van der Waals surface area contributed by atoms with Crippen molar-refractivity contribution in [3.8, 4) is 5.75 Å². The number of fused-ring (bicyclic) bond motifs is 1. The van der Waals surface area contributed by atoms with Crippen molar-refractivity contribution < 1.29 is 24.6 Å². The van der Waals surface area contributed by atoms with Gasteiger partial charge in [-0.05, 0) is 37.5 Å². The largest absolute Gasteiger partial charge is 0.508 e. The Morgan fingerprint density at radius 2 is 2.04 bits per heavy atom. The lowest BCUT2D eigenvalue weighted by molar-refractivity contribution is -0.152. The van der Waals surface area contributed by atoms with Crippen molar-refractivity contribution in [3.63, 3.8) is 0 Å². The summed E-state index contributed by atoms with van der Waals surface area (Å²) < 4.78 is 0. The van der Waals surface area contributed by atoms with E-state index in [9.17, 15) is 24.6 Å². The van der Waals surface area contributed by atoms with Crippen LogP contribution in [0.4, 0.5) is 0 Å². The normalized spacial score (nSPS) is 26.7. The molecule has 4 atom stereocenters. The molecule has 8 nitrogen and oxygen atoms in total. The summed E-state index contributed by atoms with van der Waals surface area (Å²) in [5, 5.41) is 24.1. The second-order valence-corrected chi connectivity index (χ2v) is 6.89. The molecule has 0 bridgehead atoms. The molecule has 0 spiro atoms. The van der Waals surface area contributed by atoms with Crippen LogP contribution in [-0.4, -0.2) is 63.6 Å². The third-order valence-electron chi connectivity index (χ3n) is 4.90. The van der Waals surface area contributed by atoms with Gasteiger partial charge in [0.1, 0.15) is 23.9 Å². The van der Waals surface area contributed by atoms with Gasteiger partial charge in [-0.3, -0.25) is 14.4 Å². The molecule has 1 aromatic rings. The Morgan fingerprint density at radius 3 is 2.69 bits per heavy atom. The van der Waals surface area contributed by atoms with Crippen LogP contribution >= 0.6 is 0 Å². The first-order valence-corrected chi connectivity index (χ1v) is 8.72. The summed E-state index contributed by atoms with van der Waals surface area (Å²) in [6.07, 6.45) is 0.127. The van der Waals surface area contributed by atoms with Gasteiger partial charge >= 0.3 is 0 Å². The van der Waals surface area contributed by atoms with Crippen molar-refractivity contribution >= 4 is 17.7 Å². The average molecular weight is 361 g/mol. The van der Waals surface area contributed by atoms with E-state index in [2.05, 4.69) is 10.6 Å². The molecule has 2 saturated heterocycles. The number of rotatable bonds is 4. The number of nitrogens with zero attached hydrogens (tertiary/aromatic N) is 1. The molecule has 26 heavy (non-hydrogen) atoms. The lowest BCUT2D eigenvalue weighted by Gasteiger charge is -2.44. The van der Waals surface area contributed by atoms with Crippen molar-refractivity contribution in [3.05, 3.63) is 29.8 Å². The molecule has 0 aliphatic carbocycles. The van der Waals surface area contributed by atoms with Crippen LogP contribution < -0.4 is 10.6 Å². The third-order valence-corrected chi connectivity index (χ3v) is 4.90. The van der Waals surface area contributed by atoms with Gasteiger partial charge in [0, 0.05) is 19.0 Å². The number of phenolic OH excluding ortho intramolecular Hbond substituents is 1. The Balaban J connectivity index is 1.65. The molecule has 4 unspecified atom stereocenters. The molecule has 8 heteroatoms. The number of aliphatic hydroxyl groups excluding tert-OH is 1. The lowest BCUT2D eigenvalue weighted by atomic mass is 9.91. The summed E-state index contributed by atoms with van der Waals surface area (Å²) in [6.45, 7) is 1.77. The fourth-order valence-corrected chi connectivity index (χ4v) is 3.47. The molecule has 1 aromatic carbocycles. The monoisotopic (exact) mass is 361 g/mol. The fourth-order valence-electron chi connectivity index (χ4n) is 3.47. The maximum Gasteiger partial charge on any atom is 0.248 e. The highest BCUT2D eigenvalue weighted by Gasteiger charge is 2.44. The maximum absolute atomic E-state index is 12.7. The minimum Gasteiger partial charge on any atom is -0.508 e. The zero-order valence-electron chi connectivity index (χ0n) is 14.5. The number of aromatic hydroxyl groups is 1. The van der Waals surface area contributed by atoms with E-state index in [0.717, 1.165) is 5.56 Å². The van der Waals surface area contributed by atoms with Crippen molar-refractivity contribution in [1.82, 2.24) is 15.5 Å². The number of piperazine rings is 1. The number of hydrogen-bond acceptors (Lipinski definition) is 5. The Kier molecular flexibility index (Phi) is 5.13. The molecule has 2 aliphatic rings. The van der Waals surface area contributed by atoms with Crippen LogP contribution in [0, 0.1) is 0 Å². The number of carbonyl (C=O) groups is 3. The highest BCUT2D eigenvalue weighted by atomic mass is 16.3. The highest BCUT2D eigenvalue weighted by molar-refractivity contribution is 5.97. The van der Waals surface area contributed by atoms with Crippen molar-refractivity contribution in [2.75, 3.05) is 6.54 Å². The Morgan fingerprint density at radius 1 is 1.35 bits per heavy atom. The molecule has 0 radical (unpaired) electrons. The first kappa shape index (κ1) is 18.2. The number of nitrogens with one attached hydrogen (secondary N) is 2. The summed E-state index contributed by atoms with van der Waals surface area (Å²) in [4.78, 5) is 38.4. The summed E-state index contributed by atoms with van der Waals surface area (Å²) in [5.41, 5.74) is 0.846. The zero-order chi connectivity index (χ0) is 18.8. The second kappa shape index (κ2) is 7.33. The molecule has 140 valence electrons. The summed E-state index contributed by atoms with van der Waals surface area (Å²) in [6, 6.07) is 5.05. The van der Waals surface area contributed by atoms with Crippen molar-refractivity contribution in [2.24, 2.45) is 0 Å². The number of benzene rings is 1. The first-order chi connectivity index (χ1) is 12.3. The van der Waals surface area contributed by atoms with E-state index < -0.39 is 24.1 Å². The van der Waals surface area contributed by atoms with Crippen molar-refractivity contribution in [1.29, 1.82) is 0 Å². The van der Waals surface area contributed by atoms with Gasteiger partial charge in [0.25, 0.3) is 0 Å². The topological polar surface area (TPSA) is 119 Å². The molecule has 2 fully saturated rings. The molecule has 0 aromatic heterocycles. The van der Waals surface area contributed by atoms with Gasteiger partial charge in [-0.15, -0.1) is 0 Å². The Hall–Kier alpha value is -2.61. The van der Waals surface area contributed by atoms with E-state index in [1.54, 1.807) is 29.2 Å². The minimum atomic E-state index is -1.11. The van der Waals surface area contributed by atoms with Gasteiger partial charge in [-0.25, -0.2) is 0 Å². The predicted molar refractivity (Wildman–Crippen MR) is 92.1 cm³/mol. The quantitative estimate of drug-likeness (QED) is 0.565. The minimum absolute atomic E-state index is 0.136. The van der Waals surface area contributed by atoms with Crippen LogP contribution in [0.15, 0.2) is 24.3 Å². The molecule has 3 amide bonds. The molecular weight excluding hydrogens is 338 g/mol. The second-order valence-electron chi connectivity index (χ2n) is 6.89. The van der Waals surface area contributed by atoms with Gasteiger partial charge in [0.2, 0.25) is 17.7 Å². The third kappa shape index (κ3) is 3.80. The van der Waals surface area contributed by atoms with E-state index in [4.69, 9.17) is 0 Å². The highest BCUT2D eigenvalue weighted by Crippen LogP contribution is 2.24. The summed E-state index contributed by atoms with van der Waals surface area (Å²) in [5.74, 6) is -0.697. The van der Waals surface area contributed by atoms with E-state index >= 15 is 0 Å². The number of amides is 3. The molecule has 0 saturated carbocycles. The lowest BCUT2D eigenvalue weighted by Crippen LogP contribution is -2.67. The molecule has 2 aliphatic heterocycles. The molecule has 4 N–H and O–H groups in total. The van der Waals surface area contributed by atoms with Crippen molar-refractivity contribution in [2.45, 2.75) is 50.4 Å². The van der Waals surface area contributed by atoms with Gasteiger partial charge in [-0.2, -0.15) is 0 Å². The van der Waals surface area contributed by atoms with Crippen LogP contribution in [0.5, 0.6) is 5.75 Å². The van der Waals surface area contributed by atoms with Gasteiger partial charge in [-0.1, -0.05) is 12.1 Å². The summed E-state index contributed by atoms with van der Waals surface area (Å²) in [7, 11) is 0. The van der Waals surface area contributed by atoms with Crippen LogP contribution in [0.2, 0.25) is 0 Å². The number of phenols is 1. The zero-order valence-corrected chi connectivity index (χ0v) is 14.5. The standard InChI is InChI=1S/C18H23N3O5/c1-10(22)16(24)19-12-6-7-21-15(9-12)17(25)20-14(18(21)26)8-11-2-4-13(23)5-3-11/h2-5,10,12,14-15,22-23H,6-9H2,1H3,(H,19,24)(H,20,25).